The van der Waals surface area contributed by atoms with E-state index in [1.165, 1.54) is 38.5 Å². The van der Waals surface area contributed by atoms with Crippen LogP contribution in [0.1, 0.15) is 56.4 Å². The summed E-state index contributed by atoms with van der Waals surface area (Å²) in [6.07, 6.45) is 9.64. The van der Waals surface area contributed by atoms with Crippen molar-refractivity contribution in [3.8, 4) is 0 Å². The third kappa shape index (κ3) is 3.19. The highest BCUT2D eigenvalue weighted by Gasteiger charge is 2.51. The van der Waals surface area contributed by atoms with Crippen LogP contribution in [0.5, 0.6) is 0 Å². The second kappa shape index (κ2) is 6.36. The van der Waals surface area contributed by atoms with Crippen LogP contribution in [0.4, 0.5) is 0 Å². The average molecular weight is 358 g/mol. The third-order valence-corrected chi connectivity index (χ3v) is 7.39. The van der Waals surface area contributed by atoms with Gasteiger partial charge in [-0.15, -0.1) is 0 Å². The maximum Gasteiger partial charge on any atom is 0.220 e. The zero-order valence-corrected chi connectivity index (χ0v) is 15.7. The minimum absolute atomic E-state index is 0.0989. The number of amides is 1. The molecule has 1 amide bonds. The van der Waals surface area contributed by atoms with Crippen LogP contribution >= 0.6 is 0 Å². The molecule has 5 aliphatic rings. The zero-order valence-electron chi connectivity index (χ0n) is 15.7. The Kier molecular flexibility index (Phi) is 4.11. The van der Waals surface area contributed by atoms with Crippen molar-refractivity contribution in [3.63, 3.8) is 0 Å². The molecule has 1 aromatic heterocycles. The molecule has 1 saturated heterocycles. The molecule has 2 heterocycles. The fourth-order valence-corrected chi connectivity index (χ4v) is 6.84. The summed E-state index contributed by atoms with van der Waals surface area (Å²) in [5, 5.41) is 7.27. The van der Waals surface area contributed by atoms with Crippen LogP contribution in [0.3, 0.4) is 0 Å². The van der Waals surface area contributed by atoms with E-state index < -0.39 is 0 Å². The summed E-state index contributed by atoms with van der Waals surface area (Å²) in [5.41, 5.74) is 1.21. The van der Waals surface area contributed by atoms with Crippen molar-refractivity contribution in [1.29, 1.82) is 0 Å². The molecular formula is C21H30N2O3. The molecule has 1 aromatic rings. The first-order valence-electron chi connectivity index (χ1n) is 10.4. The molecule has 0 aromatic carbocycles. The van der Waals surface area contributed by atoms with Crippen molar-refractivity contribution in [2.24, 2.45) is 29.1 Å². The molecule has 5 fully saturated rings. The van der Waals surface area contributed by atoms with E-state index in [2.05, 4.69) is 10.5 Å². The second-order valence-electron chi connectivity index (χ2n) is 9.70. The van der Waals surface area contributed by atoms with E-state index in [9.17, 15) is 4.79 Å². The van der Waals surface area contributed by atoms with Gasteiger partial charge in [-0.3, -0.25) is 4.79 Å². The minimum atomic E-state index is 0.0989. The maximum absolute atomic E-state index is 12.9. The van der Waals surface area contributed by atoms with Gasteiger partial charge in [0.1, 0.15) is 5.76 Å². The first-order chi connectivity index (χ1) is 12.6. The molecule has 4 saturated carbocycles. The van der Waals surface area contributed by atoms with Gasteiger partial charge in [0.25, 0.3) is 0 Å². The van der Waals surface area contributed by atoms with E-state index in [1.807, 2.05) is 13.0 Å². The van der Waals surface area contributed by atoms with Gasteiger partial charge in [0, 0.05) is 24.8 Å². The molecular weight excluding hydrogens is 328 g/mol. The molecule has 142 valence electrons. The van der Waals surface area contributed by atoms with Gasteiger partial charge in [-0.2, -0.15) is 0 Å². The van der Waals surface area contributed by atoms with E-state index in [0.717, 1.165) is 42.0 Å². The summed E-state index contributed by atoms with van der Waals surface area (Å²) in [6, 6.07) is 2.08. The van der Waals surface area contributed by atoms with Crippen LogP contribution in [0, 0.1) is 36.0 Å². The molecule has 2 atom stereocenters. The van der Waals surface area contributed by atoms with Gasteiger partial charge in [-0.25, -0.2) is 0 Å². The van der Waals surface area contributed by atoms with Gasteiger partial charge in [0.05, 0.1) is 24.9 Å². The van der Waals surface area contributed by atoms with Gasteiger partial charge >= 0.3 is 0 Å². The lowest BCUT2D eigenvalue weighted by molar-refractivity contribution is -0.130. The summed E-state index contributed by atoms with van der Waals surface area (Å²) in [5.74, 6) is 4.09. The third-order valence-electron chi connectivity index (χ3n) is 7.39. The zero-order chi connectivity index (χ0) is 17.7. The summed E-state index contributed by atoms with van der Waals surface area (Å²) < 4.78 is 11.0. The van der Waals surface area contributed by atoms with Crippen molar-refractivity contribution in [2.45, 2.75) is 64.3 Å². The molecule has 1 aliphatic heterocycles. The Morgan fingerprint density at radius 3 is 2.50 bits per heavy atom. The number of hydrogen-bond donors (Lipinski definition) is 1. The first kappa shape index (κ1) is 16.8. The average Bonchev–Trinajstić information content (AvgIpc) is 3.15. The van der Waals surface area contributed by atoms with Crippen LogP contribution < -0.4 is 5.32 Å². The van der Waals surface area contributed by atoms with Crippen LogP contribution in [-0.2, 0) is 16.0 Å². The fraction of sp³-hybridized carbons (Fsp3) is 0.810. The molecule has 1 N–H and O–H groups in total. The number of aromatic nitrogens is 1. The summed E-state index contributed by atoms with van der Waals surface area (Å²) >= 11 is 0. The Morgan fingerprint density at radius 1 is 1.19 bits per heavy atom. The van der Waals surface area contributed by atoms with Crippen LogP contribution in [0.2, 0.25) is 0 Å². The van der Waals surface area contributed by atoms with Gasteiger partial charge in [0.2, 0.25) is 5.91 Å². The smallest absolute Gasteiger partial charge is 0.220 e. The highest BCUT2D eigenvalue weighted by atomic mass is 16.5. The summed E-state index contributed by atoms with van der Waals surface area (Å²) in [6.45, 7) is 3.23. The molecule has 26 heavy (non-hydrogen) atoms. The molecule has 5 heteroatoms. The summed E-state index contributed by atoms with van der Waals surface area (Å²) in [7, 11) is 0. The topological polar surface area (TPSA) is 64.4 Å². The van der Waals surface area contributed by atoms with E-state index in [-0.39, 0.29) is 17.9 Å². The Labute approximate surface area is 155 Å². The molecule has 0 spiro atoms. The lowest BCUT2D eigenvalue weighted by Crippen LogP contribution is -2.49. The largest absolute Gasteiger partial charge is 0.379 e. The number of ether oxygens (including phenoxy) is 1. The summed E-state index contributed by atoms with van der Waals surface area (Å²) in [4.78, 5) is 12.9. The molecule has 4 aliphatic carbocycles. The molecule has 5 nitrogen and oxygen atoms in total. The van der Waals surface area contributed by atoms with E-state index >= 15 is 0 Å². The Balaban J connectivity index is 1.20. The van der Waals surface area contributed by atoms with Crippen LogP contribution in [-0.4, -0.2) is 30.3 Å². The van der Waals surface area contributed by atoms with Crippen molar-refractivity contribution >= 4 is 5.91 Å². The predicted octanol–water partition coefficient (Wildman–Crippen LogP) is 3.26. The Morgan fingerprint density at radius 2 is 1.88 bits per heavy atom. The highest BCUT2D eigenvalue weighted by Crippen LogP contribution is 2.61. The SMILES string of the molecule is Cc1cc(C[C@@H]2COC[C@@H]2NC(=O)CC23CC4CC(CC(C4)C2)C3)on1. The van der Waals surface area contributed by atoms with Crippen molar-refractivity contribution in [2.75, 3.05) is 13.2 Å². The number of carbonyl (C=O) groups is 1. The van der Waals surface area contributed by atoms with E-state index in [4.69, 9.17) is 9.26 Å². The standard InChI is InChI=1S/C21H30N2O3/c1-13-2-18(26-23-13)6-17-11-25-12-19(17)22-20(24)10-21-7-14-3-15(8-21)5-16(4-14)9-21/h2,14-17,19H,3-12H2,1H3,(H,22,24)/t14?,15?,16?,17-,19+,21?/m1/s1. The van der Waals surface area contributed by atoms with Crippen LogP contribution in [0.25, 0.3) is 0 Å². The number of aryl methyl sites for hydroxylation is 1. The van der Waals surface area contributed by atoms with Crippen molar-refractivity contribution < 1.29 is 14.1 Å². The van der Waals surface area contributed by atoms with Gasteiger partial charge in [0.15, 0.2) is 0 Å². The molecule has 6 rings (SSSR count). The van der Waals surface area contributed by atoms with E-state index in [1.54, 1.807) is 0 Å². The highest BCUT2D eigenvalue weighted by molar-refractivity contribution is 5.77. The Hall–Kier alpha value is -1.36. The number of hydrogen-bond acceptors (Lipinski definition) is 4. The van der Waals surface area contributed by atoms with Gasteiger partial charge in [-0.1, -0.05) is 5.16 Å². The van der Waals surface area contributed by atoms with Gasteiger partial charge < -0.3 is 14.6 Å². The molecule has 0 unspecified atom stereocenters. The first-order valence-corrected chi connectivity index (χ1v) is 10.4. The predicted molar refractivity (Wildman–Crippen MR) is 96.4 cm³/mol. The Bertz CT molecular complexity index is 647. The van der Waals surface area contributed by atoms with Crippen molar-refractivity contribution in [1.82, 2.24) is 10.5 Å². The maximum atomic E-state index is 12.9. The number of nitrogens with one attached hydrogen (secondary N) is 1. The number of carbonyl (C=O) groups excluding carboxylic acids is 1. The normalized spacial score (nSPS) is 40.9. The number of nitrogens with zero attached hydrogens (tertiary/aromatic N) is 1. The minimum Gasteiger partial charge on any atom is -0.379 e. The molecule has 0 radical (unpaired) electrons. The number of rotatable bonds is 5. The van der Waals surface area contributed by atoms with Gasteiger partial charge in [-0.05, 0) is 68.6 Å². The lowest BCUT2D eigenvalue weighted by atomic mass is 9.49. The van der Waals surface area contributed by atoms with E-state index in [0.29, 0.717) is 18.6 Å². The molecule has 4 bridgehead atoms. The quantitative estimate of drug-likeness (QED) is 0.877. The fourth-order valence-electron chi connectivity index (χ4n) is 6.84. The lowest BCUT2D eigenvalue weighted by Gasteiger charge is -2.56. The van der Waals surface area contributed by atoms with Crippen LogP contribution in [0.15, 0.2) is 10.6 Å². The monoisotopic (exact) mass is 358 g/mol. The van der Waals surface area contributed by atoms with Crippen molar-refractivity contribution in [3.05, 3.63) is 17.5 Å². The second-order valence-corrected chi connectivity index (χ2v) is 9.70.